The molecule has 3 aromatic rings. The average molecular weight is 280 g/mol. The minimum Gasteiger partial charge on any atom is -0.344 e. The van der Waals surface area contributed by atoms with Gasteiger partial charge in [0.1, 0.15) is 0 Å². The number of benzene rings is 1. The highest BCUT2D eigenvalue weighted by atomic mass is 16.2. The van der Waals surface area contributed by atoms with Gasteiger partial charge in [-0.05, 0) is 43.7 Å². The summed E-state index contributed by atoms with van der Waals surface area (Å²) in [7, 11) is 0. The molecule has 1 amide bonds. The van der Waals surface area contributed by atoms with E-state index in [0.717, 1.165) is 22.0 Å². The predicted octanol–water partition coefficient (Wildman–Crippen LogP) is 2.76. The van der Waals surface area contributed by atoms with E-state index in [0.29, 0.717) is 5.69 Å². The van der Waals surface area contributed by atoms with E-state index in [4.69, 9.17) is 0 Å². The molecule has 1 atom stereocenters. The van der Waals surface area contributed by atoms with Crippen molar-refractivity contribution >= 4 is 16.8 Å². The number of amides is 1. The van der Waals surface area contributed by atoms with E-state index < -0.39 is 0 Å². The predicted molar refractivity (Wildman–Crippen MR) is 80.9 cm³/mol. The lowest BCUT2D eigenvalue weighted by Crippen LogP contribution is -2.27. The molecule has 106 valence electrons. The van der Waals surface area contributed by atoms with Gasteiger partial charge >= 0.3 is 0 Å². The second-order valence-electron chi connectivity index (χ2n) is 5.10. The topological polar surface area (TPSA) is 70.7 Å². The molecule has 2 N–H and O–H groups in total. The average Bonchev–Trinajstić information content (AvgIpc) is 2.91. The van der Waals surface area contributed by atoms with Crippen molar-refractivity contribution in [2.75, 3.05) is 0 Å². The van der Waals surface area contributed by atoms with Crippen LogP contribution in [0.25, 0.3) is 10.9 Å². The molecule has 3 rings (SSSR count). The summed E-state index contributed by atoms with van der Waals surface area (Å²) in [4.78, 5) is 16.4. The standard InChI is InChI=1S/C16H16N4O/c1-10-3-4-14-13(9-10)15(20-19-14)16(21)18-11(2)12-5-7-17-8-6-12/h3-9,11H,1-2H3,(H,18,21)(H,19,20). The fraction of sp³-hybridized carbons (Fsp3) is 0.188. The van der Waals surface area contributed by atoms with Crippen molar-refractivity contribution in [3.05, 3.63) is 59.5 Å². The molecular weight excluding hydrogens is 264 g/mol. The fourth-order valence-electron chi connectivity index (χ4n) is 2.30. The maximum absolute atomic E-state index is 12.4. The lowest BCUT2D eigenvalue weighted by Gasteiger charge is -2.13. The summed E-state index contributed by atoms with van der Waals surface area (Å²) in [6.45, 7) is 3.93. The summed E-state index contributed by atoms with van der Waals surface area (Å²) < 4.78 is 0. The van der Waals surface area contributed by atoms with Crippen LogP contribution in [0.4, 0.5) is 0 Å². The van der Waals surface area contributed by atoms with Gasteiger partial charge in [0.15, 0.2) is 5.69 Å². The number of aromatic amines is 1. The first-order chi connectivity index (χ1) is 10.1. The quantitative estimate of drug-likeness (QED) is 0.775. The molecule has 0 radical (unpaired) electrons. The van der Waals surface area contributed by atoms with Gasteiger partial charge in [0, 0.05) is 17.8 Å². The Morgan fingerprint density at radius 3 is 2.76 bits per heavy atom. The molecular formula is C16H16N4O. The van der Waals surface area contributed by atoms with Crippen LogP contribution in [-0.2, 0) is 0 Å². The van der Waals surface area contributed by atoms with Crippen LogP contribution < -0.4 is 5.32 Å². The van der Waals surface area contributed by atoms with Crippen LogP contribution in [-0.4, -0.2) is 21.1 Å². The molecule has 0 saturated heterocycles. The summed E-state index contributed by atoms with van der Waals surface area (Å²) >= 11 is 0. The van der Waals surface area contributed by atoms with Crippen molar-refractivity contribution in [1.29, 1.82) is 0 Å². The maximum atomic E-state index is 12.4. The Kier molecular flexibility index (Phi) is 3.39. The number of carbonyl (C=O) groups is 1. The molecule has 2 aromatic heterocycles. The number of carbonyl (C=O) groups excluding carboxylic acids is 1. The Balaban J connectivity index is 1.86. The van der Waals surface area contributed by atoms with E-state index in [2.05, 4.69) is 20.5 Å². The number of fused-ring (bicyclic) bond motifs is 1. The molecule has 0 fully saturated rings. The van der Waals surface area contributed by atoms with Gasteiger partial charge in [-0.15, -0.1) is 0 Å². The lowest BCUT2D eigenvalue weighted by molar-refractivity contribution is 0.0936. The van der Waals surface area contributed by atoms with Gasteiger partial charge < -0.3 is 5.32 Å². The first-order valence-electron chi connectivity index (χ1n) is 6.80. The van der Waals surface area contributed by atoms with Gasteiger partial charge in [-0.25, -0.2) is 0 Å². The summed E-state index contributed by atoms with van der Waals surface area (Å²) in [5, 5.41) is 10.8. The summed E-state index contributed by atoms with van der Waals surface area (Å²) in [6, 6.07) is 9.56. The fourth-order valence-corrected chi connectivity index (χ4v) is 2.30. The van der Waals surface area contributed by atoms with Gasteiger partial charge in [-0.3, -0.25) is 14.9 Å². The SMILES string of the molecule is Cc1ccc2[nH]nc(C(=O)NC(C)c3ccncc3)c2c1. The van der Waals surface area contributed by atoms with E-state index in [9.17, 15) is 4.79 Å². The zero-order chi connectivity index (χ0) is 14.8. The first-order valence-corrected chi connectivity index (χ1v) is 6.80. The van der Waals surface area contributed by atoms with Crippen LogP contribution in [0.1, 0.15) is 34.6 Å². The third kappa shape index (κ3) is 2.63. The van der Waals surface area contributed by atoms with Crippen molar-refractivity contribution in [2.45, 2.75) is 19.9 Å². The summed E-state index contributed by atoms with van der Waals surface area (Å²) in [6.07, 6.45) is 3.43. The number of nitrogens with one attached hydrogen (secondary N) is 2. The molecule has 21 heavy (non-hydrogen) atoms. The van der Waals surface area contributed by atoms with Crippen molar-refractivity contribution in [1.82, 2.24) is 20.5 Å². The minimum atomic E-state index is -0.184. The molecule has 5 heteroatoms. The van der Waals surface area contributed by atoms with Gasteiger partial charge in [0.05, 0.1) is 11.6 Å². The van der Waals surface area contributed by atoms with E-state index in [1.165, 1.54) is 0 Å². The largest absolute Gasteiger partial charge is 0.344 e. The second kappa shape index (κ2) is 5.36. The van der Waals surface area contributed by atoms with Crippen molar-refractivity contribution < 1.29 is 4.79 Å². The van der Waals surface area contributed by atoms with E-state index in [1.807, 2.05) is 44.2 Å². The monoisotopic (exact) mass is 280 g/mol. The van der Waals surface area contributed by atoms with Crippen molar-refractivity contribution in [2.24, 2.45) is 0 Å². The van der Waals surface area contributed by atoms with Crippen LogP contribution in [0.5, 0.6) is 0 Å². The van der Waals surface area contributed by atoms with Gasteiger partial charge in [-0.2, -0.15) is 5.10 Å². The molecule has 5 nitrogen and oxygen atoms in total. The smallest absolute Gasteiger partial charge is 0.272 e. The van der Waals surface area contributed by atoms with Crippen molar-refractivity contribution in [3.8, 4) is 0 Å². The number of H-pyrrole nitrogens is 1. The van der Waals surface area contributed by atoms with Crippen LogP contribution in [0.3, 0.4) is 0 Å². The Labute approximate surface area is 122 Å². The molecule has 0 aliphatic heterocycles. The normalized spacial score (nSPS) is 12.3. The van der Waals surface area contributed by atoms with Crippen LogP contribution in [0.15, 0.2) is 42.7 Å². The van der Waals surface area contributed by atoms with E-state index in [-0.39, 0.29) is 11.9 Å². The third-order valence-corrected chi connectivity index (χ3v) is 3.49. The number of hydrogen-bond donors (Lipinski definition) is 2. The molecule has 1 aromatic carbocycles. The number of aromatic nitrogens is 3. The Hall–Kier alpha value is -2.69. The molecule has 0 saturated carbocycles. The molecule has 0 aliphatic rings. The van der Waals surface area contributed by atoms with Gasteiger partial charge in [0.25, 0.3) is 5.91 Å². The lowest BCUT2D eigenvalue weighted by atomic mass is 10.1. The number of aryl methyl sites for hydroxylation is 1. The Morgan fingerprint density at radius 1 is 1.24 bits per heavy atom. The van der Waals surface area contributed by atoms with Gasteiger partial charge in [-0.1, -0.05) is 11.6 Å². The molecule has 2 heterocycles. The molecule has 0 spiro atoms. The molecule has 0 aliphatic carbocycles. The highest BCUT2D eigenvalue weighted by molar-refractivity contribution is 6.04. The van der Waals surface area contributed by atoms with Crippen LogP contribution >= 0.6 is 0 Å². The third-order valence-electron chi connectivity index (χ3n) is 3.49. The molecule has 1 unspecified atom stereocenters. The van der Waals surface area contributed by atoms with Gasteiger partial charge in [0.2, 0.25) is 0 Å². The summed E-state index contributed by atoms with van der Waals surface area (Å²) in [5.41, 5.74) is 3.39. The van der Waals surface area contributed by atoms with E-state index in [1.54, 1.807) is 12.4 Å². The number of nitrogens with zero attached hydrogens (tertiary/aromatic N) is 2. The van der Waals surface area contributed by atoms with Crippen molar-refractivity contribution in [3.63, 3.8) is 0 Å². The second-order valence-corrected chi connectivity index (χ2v) is 5.10. The number of hydrogen-bond acceptors (Lipinski definition) is 3. The van der Waals surface area contributed by atoms with E-state index >= 15 is 0 Å². The number of pyridine rings is 1. The minimum absolute atomic E-state index is 0.0999. The Bertz CT molecular complexity index is 779. The zero-order valence-corrected chi connectivity index (χ0v) is 11.9. The molecule has 0 bridgehead atoms. The maximum Gasteiger partial charge on any atom is 0.272 e. The Morgan fingerprint density at radius 2 is 2.00 bits per heavy atom. The summed E-state index contributed by atoms with van der Waals surface area (Å²) in [5.74, 6) is -0.184. The number of rotatable bonds is 3. The van der Waals surface area contributed by atoms with Crippen LogP contribution in [0, 0.1) is 6.92 Å². The highest BCUT2D eigenvalue weighted by Gasteiger charge is 2.16. The highest BCUT2D eigenvalue weighted by Crippen LogP contribution is 2.18. The zero-order valence-electron chi connectivity index (χ0n) is 11.9. The first kappa shape index (κ1) is 13.3. The van der Waals surface area contributed by atoms with Crippen LogP contribution in [0.2, 0.25) is 0 Å².